The Kier molecular flexibility index (Phi) is 4.42. The van der Waals surface area contributed by atoms with Crippen LogP contribution in [0.4, 0.5) is 8.78 Å². The minimum atomic E-state index is -3.62. The monoisotopic (exact) mass is 368 g/mol. The Labute approximate surface area is 146 Å². The maximum absolute atomic E-state index is 13.5. The first-order valence-electron chi connectivity index (χ1n) is 7.52. The highest BCUT2D eigenvalue weighted by atomic mass is 35.5. The maximum Gasteiger partial charge on any atom is 0.364 e. The smallest absolute Gasteiger partial charge is 0.346 e. The summed E-state index contributed by atoms with van der Waals surface area (Å²) in [6, 6.07) is 2.47. The van der Waals surface area contributed by atoms with Gasteiger partial charge in [-0.1, -0.05) is 0 Å². The van der Waals surface area contributed by atoms with Gasteiger partial charge in [-0.25, -0.2) is 9.50 Å². The summed E-state index contributed by atoms with van der Waals surface area (Å²) in [7, 11) is 0. The van der Waals surface area contributed by atoms with Gasteiger partial charge in [0.05, 0.1) is 6.20 Å². The van der Waals surface area contributed by atoms with E-state index in [1.165, 1.54) is 6.07 Å². The normalized spacial score (nSPS) is 11.9. The van der Waals surface area contributed by atoms with Crippen LogP contribution >= 0.6 is 11.6 Å². The van der Waals surface area contributed by atoms with E-state index in [9.17, 15) is 13.6 Å². The fraction of sp³-hybridized carbons (Fsp3) is 0.333. The first-order valence-corrected chi connectivity index (χ1v) is 7.90. The molecule has 0 aliphatic carbocycles. The van der Waals surface area contributed by atoms with Gasteiger partial charge in [-0.15, -0.1) is 0 Å². The van der Waals surface area contributed by atoms with Crippen molar-refractivity contribution in [1.82, 2.24) is 29.7 Å². The van der Waals surface area contributed by atoms with Gasteiger partial charge in [0.15, 0.2) is 11.3 Å². The van der Waals surface area contributed by atoms with Gasteiger partial charge in [0.25, 0.3) is 5.91 Å². The van der Waals surface area contributed by atoms with Crippen molar-refractivity contribution >= 4 is 23.2 Å². The summed E-state index contributed by atoms with van der Waals surface area (Å²) in [4.78, 5) is 16.3. The SMILES string of the molecule is CCn1cc(CNC(=O)c2cc3nc(C)cc(C(F)(F)Cl)n3n2)cn1. The predicted molar refractivity (Wildman–Crippen MR) is 86.5 cm³/mol. The Morgan fingerprint density at radius 1 is 1.40 bits per heavy atom. The number of amides is 1. The summed E-state index contributed by atoms with van der Waals surface area (Å²) in [6.07, 6.45) is 3.45. The fourth-order valence-electron chi connectivity index (χ4n) is 2.36. The Bertz CT molecular complexity index is 930. The molecule has 132 valence electrons. The van der Waals surface area contributed by atoms with E-state index in [4.69, 9.17) is 11.6 Å². The molecule has 0 atom stereocenters. The zero-order valence-corrected chi connectivity index (χ0v) is 14.3. The van der Waals surface area contributed by atoms with Gasteiger partial charge in [-0.05, 0) is 31.5 Å². The summed E-state index contributed by atoms with van der Waals surface area (Å²) in [5.74, 6) is -0.503. The highest BCUT2D eigenvalue weighted by Gasteiger charge is 2.32. The number of nitrogens with zero attached hydrogens (tertiary/aromatic N) is 5. The Balaban J connectivity index is 1.84. The van der Waals surface area contributed by atoms with Crippen LogP contribution in [-0.4, -0.2) is 30.3 Å². The van der Waals surface area contributed by atoms with E-state index in [-0.39, 0.29) is 17.9 Å². The first-order chi connectivity index (χ1) is 11.8. The minimum Gasteiger partial charge on any atom is -0.346 e. The van der Waals surface area contributed by atoms with Gasteiger partial charge < -0.3 is 5.32 Å². The standard InChI is InChI=1S/C15H15ClF2N6O/c1-3-23-8-10(7-20-23)6-19-14(25)11-5-13-21-9(2)4-12(15(16,17)18)24(13)22-11/h4-5,7-8H,3,6H2,1-2H3,(H,19,25). The Hall–Kier alpha value is -2.55. The minimum absolute atomic E-state index is 0.0249. The van der Waals surface area contributed by atoms with Crippen LogP contribution in [0.1, 0.15) is 34.4 Å². The quantitative estimate of drug-likeness (QED) is 0.702. The number of carbonyl (C=O) groups is 1. The van der Waals surface area contributed by atoms with Crippen LogP contribution in [0.25, 0.3) is 5.65 Å². The third kappa shape index (κ3) is 3.60. The van der Waals surface area contributed by atoms with Crippen LogP contribution in [0.2, 0.25) is 0 Å². The lowest BCUT2D eigenvalue weighted by atomic mass is 10.3. The molecule has 0 aromatic carbocycles. The number of fused-ring (bicyclic) bond motifs is 1. The van der Waals surface area contributed by atoms with Gasteiger partial charge in [0, 0.05) is 36.6 Å². The summed E-state index contributed by atoms with van der Waals surface area (Å²) < 4.78 is 29.7. The molecule has 0 bridgehead atoms. The predicted octanol–water partition coefficient (Wildman–Crippen LogP) is 2.47. The summed E-state index contributed by atoms with van der Waals surface area (Å²) >= 11 is 5.12. The average Bonchev–Trinajstić information content (AvgIpc) is 3.17. The number of rotatable bonds is 5. The van der Waals surface area contributed by atoms with Gasteiger partial charge in [0.1, 0.15) is 5.69 Å². The topological polar surface area (TPSA) is 77.1 Å². The number of hydrogen-bond acceptors (Lipinski definition) is 4. The number of halogens is 3. The molecule has 3 aromatic heterocycles. The van der Waals surface area contributed by atoms with E-state index in [1.54, 1.807) is 24.0 Å². The van der Waals surface area contributed by atoms with Crippen molar-refractivity contribution in [1.29, 1.82) is 0 Å². The molecule has 0 spiro atoms. The number of nitrogens with one attached hydrogen (secondary N) is 1. The van der Waals surface area contributed by atoms with Crippen LogP contribution in [0, 0.1) is 6.92 Å². The van der Waals surface area contributed by atoms with Crippen molar-refractivity contribution in [2.45, 2.75) is 32.3 Å². The Morgan fingerprint density at radius 2 is 2.16 bits per heavy atom. The number of aryl methyl sites for hydroxylation is 2. The van der Waals surface area contributed by atoms with E-state index in [1.807, 2.05) is 6.92 Å². The van der Waals surface area contributed by atoms with Crippen molar-refractivity contribution in [3.05, 3.63) is 47.2 Å². The van der Waals surface area contributed by atoms with Crippen molar-refractivity contribution in [3.63, 3.8) is 0 Å². The van der Waals surface area contributed by atoms with Crippen molar-refractivity contribution in [2.75, 3.05) is 0 Å². The number of aromatic nitrogens is 5. The molecule has 3 rings (SSSR count). The summed E-state index contributed by atoms with van der Waals surface area (Å²) in [5.41, 5.74) is 0.727. The molecular weight excluding hydrogens is 354 g/mol. The third-order valence-corrected chi connectivity index (χ3v) is 3.74. The van der Waals surface area contributed by atoms with Crippen LogP contribution in [-0.2, 0) is 18.5 Å². The fourth-order valence-corrected chi connectivity index (χ4v) is 2.49. The zero-order valence-electron chi connectivity index (χ0n) is 13.5. The molecule has 3 aromatic rings. The van der Waals surface area contributed by atoms with Gasteiger partial charge in [0.2, 0.25) is 0 Å². The summed E-state index contributed by atoms with van der Waals surface area (Å²) in [6.45, 7) is 4.48. The highest BCUT2D eigenvalue weighted by molar-refractivity contribution is 6.21. The van der Waals surface area contributed by atoms with E-state index in [0.29, 0.717) is 5.69 Å². The number of hydrogen-bond donors (Lipinski definition) is 1. The number of alkyl halides is 3. The molecule has 0 unspecified atom stereocenters. The second kappa shape index (κ2) is 6.40. The molecular formula is C15H15ClF2N6O. The summed E-state index contributed by atoms with van der Waals surface area (Å²) in [5, 5.41) is 7.06. The molecule has 3 heterocycles. The lowest BCUT2D eigenvalue weighted by Gasteiger charge is -2.10. The zero-order chi connectivity index (χ0) is 18.2. The molecule has 25 heavy (non-hydrogen) atoms. The molecule has 10 heteroatoms. The van der Waals surface area contributed by atoms with Crippen molar-refractivity contribution in [2.24, 2.45) is 0 Å². The second-order valence-corrected chi connectivity index (χ2v) is 5.94. The van der Waals surface area contributed by atoms with E-state index in [0.717, 1.165) is 22.7 Å². The van der Waals surface area contributed by atoms with Gasteiger partial charge >= 0.3 is 5.38 Å². The van der Waals surface area contributed by atoms with Crippen LogP contribution in [0.5, 0.6) is 0 Å². The number of carbonyl (C=O) groups excluding carboxylic acids is 1. The third-order valence-electron chi connectivity index (χ3n) is 3.54. The van der Waals surface area contributed by atoms with E-state index < -0.39 is 17.0 Å². The first kappa shape index (κ1) is 17.3. The Morgan fingerprint density at radius 3 is 2.80 bits per heavy atom. The van der Waals surface area contributed by atoms with Crippen LogP contribution in [0.3, 0.4) is 0 Å². The molecule has 7 nitrogen and oxygen atoms in total. The van der Waals surface area contributed by atoms with Crippen molar-refractivity contribution < 1.29 is 13.6 Å². The second-order valence-electron chi connectivity index (χ2n) is 5.47. The molecule has 1 amide bonds. The molecule has 0 aliphatic rings. The van der Waals surface area contributed by atoms with Gasteiger partial charge in [-0.2, -0.15) is 19.0 Å². The molecule has 0 saturated heterocycles. The lowest BCUT2D eigenvalue weighted by molar-refractivity contribution is 0.0864. The molecule has 0 fully saturated rings. The molecule has 0 radical (unpaired) electrons. The lowest BCUT2D eigenvalue weighted by Crippen LogP contribution is -2.23. The average molecular weight is 369 g/mol. The molecule has 0 aliphatic heterocycles. The van der Waals surface area contributed by atoms with Crippen LogP contribution < -0.4 is 5.32 Å². The molecule has 0 saturated carbocycles. The van der Waals surface area contributed by atoms with Gasteiger partial charge in [-0.3, -0.25) is 9.48 Å². The largest absolute Gasteiger partial charge is 0.364 e. The maximum atomic E-state index is 13.5. The van der Waals surface area contributed by atoms with Crippen molar-refractivity contribution in [3.8, 4) is 0 Å². The highest BCUT2D eigenvalue weighted by Crippen LogP contribution is 2.32. The van der Waals surface area contributed by atoms with Crippen LogP contribution in [0.15, 0.2) is 24.5 Å². The van der Waals surface area contributed by atoms with E-state index in [2.05, 4.69) is 20.5 Å². The molecule has 1 N–H and O–H groups in total. The van der Waals surface area contributed by atoms with E-state index >= 15 is 0 Å².